The average Bonchev–Trinajstić information content (AvgIpc) is 2.38. The van der Waals surface area contributed by atoms with Crippen molar-refractivity contribution in [3.8, 4) is 5.88 Å². The normalized spacial score (nSPS) is 10.0. The van der Waals surface area contributed by atoms with E-state index in [4.69, 9.17) is 16.3 Å². The highest BCUT2D eigenvalue weighted by Crippen LogP contribution is 2.21. The second kappa shape index (κ2) is 5.50. The first-order valence-corrected chi connectivity index (χ1v) is 5.50. The van der Waals surface area contributed by atoms with Gasteiger partial charge in [0.25, 0.3) is 0 Å². The number of methoxy groups -OCH3 is 1. The van der Waals surface area contributed by atoms with Crippen LogP contribution in [0.2, 0.25) is 5.02 Å². The van der Waals surface area contributed by atoms with E-state index < -0.39 is 0 Å². The van der Waals surface area contributed by atoms with Crippen molar-refractivity contribution in [1.29, 1.82) is 0 Å². The smallest absolute Gasteiger partial charge is 0.218 e. The summed E-state index contributed by atoms with van der Waals surface area (Å²) in [5, 5.41) is 3.80. The van der Waals surface area contributed by atoms with Crippen molar-refractivity contribution in [2.75, 3.05) is 12.4 Å². The molecule has 2 rings (SSSR count). The predicted octanol–water partition coefficient (Wildman–Crippen LogP) is 2.75. The minimum atomic E-state index is 0.593. The van der Waals surface area contributed by atoms with Crippen molar-refractivity contribution >= 4 is 17.3 Å². The summed E-state index contributed by atoms with van der Waals surface area (Å²) in [4.78, 5) is 8.05. The van der Waals surface area contributed by atoms with Gasteiger partial charge in [0.1, 0.15) is 0 Å². The highest BCUT2D eigenvalue weighted by molar-refractivity contribution is 6.33. The first-order valence-electron chi connectivity index (χ1n) is 5.12. The third-order valence-corrected chi connectivity index (χ3v) is 2.59. The molecule has 0 spiro atoms. The van der Waals surface area contributed by atoms with Gasteiger partial charge in [-0.2, -0.15) is 0 Å². The molecule has 0 aliphatic rings. The minimum Gasteiger partial charge on any atom is -0.481 e. The summed E-state index contributed by atoms with van der Waals surface area (Å²) in [6.45, 7) is 0.598. The zero-order chi connectivity index (χ0) is 12.1. The highest BCUT2D eigenvalue weighted by Gasteiger charge is 2.04. The summed E-state index contributed by atoms with van der Waals surface area (Å²) >= 11 is 5.99. The van der Waals surface area contributed by atoms with E-state index in [1.807, 2.05) is 18.2 Å². The molecule has 4 nitrogen and oxygen atoms in total. The number of ether oxygens (including phenoxy) is 1. The van der Waals surface area contributed by atoms with E-state index in [0.29, 0.717) is 17.4 Å². The Labute approximate surface area is 105 Å². The van der Waals surface area contributed by atoms with Gasteiger partial charge < -0.3 is 10.1 Å². The van der Waals surface area contributed by atoms with Crippen LogP contribution in [-0.4, -0.2) is 17.1 Å². The summed E-state index contributed by atoms with van der Waals surface area (Å²) in [7, 11) is 1.60. The monoisotopic (exact) mass is 249 g/mol. The van der Waals surface area contributed by atoms with Gasteiger partial charge in [0, 0.05) is 30.7 Å². The van der Waals surface area contributed by atoms with E-state index in [-0.39, 0.29) is 0 Å². The first kappa shape index (κ1) is 11.7. The second-order valence-corrected chi connectivity index (χ2v) is 3.79. The highest BCUT2D eigenvalue weighted by atomic mass is 35.5. The van der Waals surface area contributed by atoms with Crippen molar-refractivity contribution < 1.29 is 4.74 Å². The van der Waals surface area contributed by atoms with Gasteiger partial charge in [0.15, 0.2) is 0 Å². The first-order chi connectivity index (χ1) is 8.31. The standard InChI is InChI=1S/C12H12ClN3O/c1-17-12-9(3-2-5-15-12)7-16-11-4-6-14-8-10(11)13/h2-6,8H,7H2,1H3,(H,14,16). The fourth-order valence-corrected chi connectivity index (χ4v) is 1.64. The molecule has 17 heavy (non-hydrogen) atoms. The Morgan fingerprint density at radius 1 is 1.35 bits per heavy atom. The molecule has 0 radical (unpaired) electrons. The lowest BCUT2D eigenvalue weighted by atomic mass is 10.2. The summed E-state index contributed by atoms with van der Waals surface area (Å²) in [5.41, 5.74) is 1.82. The SMILES string of the molecule is COc1ncccc1CNc1ccncc1Cl. The number of aromatic nitrogens is 2. The molecule has 0 bridgehead atoms. The molecule has 0 saturated heterocycles. The van der Waals surface area contributed by atoms with Gasteiger partial charge in [0.05, 0.1) is 17.8 Å². The lowest BCUT2D eigenvalue weighted by Crippen LogP contribution is -2.03. The number of hydrogen-bond donors (Lipinski definition) is 1. The van der Waals surface area contributed by atoms with E-state index in [1.165, 1.54) is 0 Å². The van der Waals surface area contributed by atoms with Crippen molar-refractivity contribution in [2.45, 2.75) is 6.54 Å². The van der Waals surface area contributed by atoms with Gasteiger partial charge in [-0.05, 0) is 12.1 Å². The zero-order valence-corrected chi connectivity index (χ0v) is 10.1. The van der Waals surface area contributed by atoms with Gasteiger partial charge in [-0.3, -0.25) is 4.98 Å². The van der Waals surface area contributed by atoms with E-state index in [9.17, 15) is 0 Å². The molecular weight excluding hydrogens is 238 g/mol. The number of nitrogens with zero attached hydrogens (tertiary/aromatic N) is 2. The predicted molar refractivity (Wildman–Crippen MR) is 67.4 cm³/mol. The molecule has 0 unspecified atom stereocenters. The van der Waals surface area contributed by atoms with E-state index >= 15 is 0 Å². The maximum absolute atomic E-state index is 5.99. The van der Waals surface area contributed by atoms with Gasteiger partial charge in [-0.15, -0.1) is 0 Å². The molecule has 0 aliphatic heterocycles. The molecular formula is C12H12ClN3O. The van der Waals surface area contributed by atoms with Gasteiger partial charge >= 0.3 is 0 Å². The Bertz CT molecular complexity index is 505. The lowest BCUT2D eigenvalue weighted by Gasteiger charge is -2.10. The maximum atomic E-state index is 5.99. The van der Waals surface area contributed by atoms with Crippen LogP contribution in [-0.2, 0) is 6.54 Å². The van der Waals surface area contributed by atoms with Crippen LogP contribution < -0.4 is 10.1 Å². The molecule has 88 valence electrons. The second-order valence-electron chi connectivity index (χ2n) is 3.38. The Hall–Kier alpha value is -1.81. The molecule has 2 heterocycles. The Balaban J connectivity index is 2.10. The number of anilines is 1. The Kier molecular flexibility index (Phi) is 3.77. The van der Waals surface area contributed by atoms with Gasteiger partial charge in [0.2, 0.25) is 5.88 Å². The fraction of sp³-hybridized carbons (Fsp3) is 0.167. The molecule has 0 atom stereocenters. The van der Waals surface area contributed by atoms with E-state index in [1.54, 1.807) is 25.7 Å². The lowest BCUT2D eigenvalue weighted by molar-refractivity contribution is 0.393. The third kappa shape index (κ3) is 2.85. The molecule has 2 aromatic heterocycles. The molecule has 0 fully saturated rings. The average molecular weight is 250 g/mol. The molecule has 2 aromatic rings. The van der Waals surface area contributed by atoms with Crippen molar-refractivity contribution in [1.82, 2.24) is 9.97 Å². The summed E-state index contributed by atoms with van der Waals surface area (Å²) in [6.07, 6.45) is 4.99. The summed E-state index contributed by atoms with van der Waals surface area (Å²) < 4.78 is 5.17. The van der Waals surface area contributed by atoms with E-state index in [0.717, 1.165) is 11.3 Å². The topological polar surface area (TPSA) is 47.0 Å². The van der Waals surface area contributed by atoms with Gasteiger partial charge in [-0.25, -0.2) is 4.98 Å². The van der Waals surface area contributed by atoms with Crippen molar-refractivity contribution in [3.05, 3.63) is 47.4 Å². The molecule has 0 aliphatic carbocycles. The van der Waals surface area contributed by atoms with Crippen molar-refractivity contribution in [3.63, 3.8) is 0 Å². The maximum Gasteiger partial charge on any atom is 0.218 e. The zero-order valence-electron chi connectivity index (χ0n) is 9.35. The van der Waals surface area contributed by atoms with Crippen LogP contribution in [0, 0.1) is 0 Å². The number of halogens is 1. The van der Waals surface area contributed by atoms with Crippen LogP contribution >= 0.6 is 11.6 Å². The number of rotatable bonds is 4. The Morgan fingerprint density at radius 3 is 3.00 bits per heavy atom. The van der Waals surface area contributed by atoms with Crippen LogP contribution in [0.25, 0.3) is 0 Å². The largest absolute Gasteiger partial charge is 0.481 e. The molecule has 0 saturated carbocycles. The quantitative estimate of drug-likeness (QED) is 0.905. The van der Waals surface area contributed by atoms with Crippen LogP contribution in [0.5, 0.6) is 5.88 Å². The fourth-order valence-electron chi connectivity index (χ4n) is 1.45. The van der Waals surface area contributed by atoms with Gasteiger partial charge in [-0.1, -0.05) is 17.7 Å². The van der Waals surface area contributed by atoms with Crippen molar-refractivity contribution in [2.24, 2.45) is 0 Å². The summed E-state index contributed by atoms with van der Waals surface area (Å²) in [6, 6.07) is 5.65. The minimum absolute atomic E-state index is 0.593. The number of nitrogens with one attached hydrogen (secondary N) is 1. The molecule has 0 amide bonds. The van der Waals surface area contributed by atoms with Crippen LogP contribution in [0.15, 0.2) is 36.8 Å². The molecule has 0 aromatic carbocycles. The van der Waals surface area contributed by atoms with E-state index in [2.05, 4.69) is 15.3 Å². The third-order valence-electron chi connectivity index (χ3n) is 2.29. The molecule has 1 N–H and O–H groups in total. The Morgan fingerprint density at radius 2 is 2.24 bits per heavy atom. The number of pyridine rings is 2. The summed E-state index contributed by atoms with van der Waals surface area (Å²) in [5.74, 6) is 0.616. The van der Waals surface area contributed by atoms with Crippen LogP contribution in [0.1, 0.15) is 5.56 Å². The van der Waals surface area contributed by atoms with Crippen LogP contribution in [0.4, 0.5) is 5.69 Å². The molecule has 5 heteroatoms. The van der Waals surface area contributed by atoms with Crippen LogP contribution in [0.3, 0.4) is 0 Å². The number of hydrogen-bond acceptors (Lipinski definition) is 4.